The van der Waals surface area contributed by atoms with Crippen molar-refractivity contribution in [2.75, 3.05) is 4.90 Å². The lowest BCUT2D eigenvalue weighted by Crippen LogP contribution is -2.10. The summed E-state index contributed by atoms with van der Waals surface area (Å²) < 4.78 is 162. The Morgan fingerprint density at radius 3 is 1.85 bits per heavy atom. The quantitative estimate of drug-likeness (QED) is 0.140. The molecule has 1 heterocycles. The summed E-state index contributed by atoms with van der Waals surface area (Å²) in [6, 6.07) is 3.86. The molecule has 0 aliphatic rings. The molecule has 0 N–H and O–H groups in total. The first-order valence-corrected chi connectivity index (χ1v) is 14.4. The predicted octanol–water partition coefficient (Wildman–Crippen LogP) is 12.3. The van der Waals surface area contributed by atoms with Gasteiger partial charge in [0, 0.05) is 38.9 Å². The van der Waals surface area contributed by atoms with Gasteiger partial charge in [-0.25, -0.2) is 0 Å². The topological polar surface area (TPSA) is 8.17 Å². The molecule has 10 rings (SSSR count). The van der Waals surface area contributed by atoms with Crippen molar-refractivity contribution in [3.63, 3.8) is 0 Å². The molecular weight excluding hydrogens is 556 g/mol. The second-order valence-corrected chi connectivity index (χ2v) is 10.8. The van der Waals surface area contributed by atoms with Gasteiger partial charge in [-0.1, -0.05) is 115 Å². The van der Waals surface area contributed by atoms with Gasteiger partial charge in [0.2, 0.25) is 0 Å². The van der Waals surface area contributed by atoms with Gasteiger partial charge in [-0.15, -0.1) is 0 Å². The van der Waals surface area contributed by atoms with Crippen molar-refractivity contribution >= 4 is 71.2 Å². The van der Waals surface area contributed by atoms with Crippen molar-refractivity contribution in [1.29, 1.82) is 0 Å². The summed E-state index contributed by atoms with van der Waals surface area (Å²) in [6.45, 7) is 0. The zero-order valence-electron chi connectivity index (χ0n) is 41.7. The molecule has 0 radical (unpaired) electrons. The molecule has 10 aromatic rings. The minimum Gasteiger partial charge on any atom is -0.310 e. The van der Waals surface area contributed by atoms with Gasteiger partial charge in [0.05, 0.1) is 35.7 Å². The molecule has 1 aromatic heterocycles. The summed E-state index contributed by atoms with van der Waals surface area (Å²) in [6.07, 6.45) is 0. The van der Waals surface area contributed by atoms with E-state index in [1.54, 1.807) is 10.6 Å². The lowest BCUT2D eigenvalue weighted by Gasteiger charge is -2.26. The second-order valence-electron chi connectivity index (χ2n) is 10.8. The van der Waals surface area contributed by atoms with Crippen molar-refractivity contribution in [3.8, 4) is 16.8 Å². The molecule has 0 amide bonds. The van der Waals surface area contributed by atoms with E-state index in [1.807, 2.05) is 54.6 Å². The smallest absolute Gasteiger partial charge is 0.0667 e. The summed E-state index contributed by atoms with van der Waals surface area (Å²) in [5.74, 6) is 0. The number of para-hydroxylation sites is 1. The third-order valence-electron chi connectivity index (χ3n) is 8.41. The number of rotatable bonds is 5. The number of aromatic nitrogens is 1. The first-order chi connectivity index (χ1) is 30.3. The fraction of sp³-hybridized carbons (Fsp3) is 0. The first kappa shape index (κ1) is 13.5. The highest BCUT2D eigenvalue weighted by Gasteiger charge is 2.22. The van der Waals surface area contributed by atoms with Crippen molar-refractivity contribution in [1.82, 2.24) is 4.57 Å². The summed E-state index contributed by atoms with van der Waals surface area (Å²) in [5.41, 5.74) is -2.98. The van der Waals surface area contributed by atoms with Crippen LogP contribution < -0.4 is 4.90 Å². The van der Waals surface area contributed by atoms with Crippen LogP contribution in [0.4, 0.5) is 17.1 Å². The molecule has 0 aliphatic carbocycles. The normalized spacial score (nSPS) is 17.4. The molecule has 0 unspecified atom stereocenters. The van der Waals surface area contributed by atoms with Crippen LogP contribution in [0.15, 0.2) is 169 Å². The Kier molecular flexibility index (Phi) is 2.84. The summed E-state index contributed by atoms with van der Waals surface area (Å²) in [4.78, 5) is 0.643. The maximum atomic E-state index is 9.98. The van der Waals surface area contributed by atoms with Crippen molar-refractivity contribution in [3.05, 3.63) is 169 Å². The van der Waals surface area contributed by atoms with Gasteiger partial charge in [-0.05, 0) is 92.5 Å². The minimum atomic E-state index is -1.00. The van der Waals surface area contributed by atoms with Gasteiger partial charge >= 0.3 is 0 Å². The standard InChI is InChI=1S/C44H28N2/c1-3-10-29(11-4-1)30-22-25-34(26-23-30)45(33-13-5-2-6-14-33)35-15-8-16-36(28-35)46-39-19-9-18-38-37-17-7-12-31-20-21-32-24-27-40(46)44(43(38)39)42(32)41(31)37/h1-28H/i1D,2D,3D,4D,5D,6D,8D,10D,11D,13D,14D,15D,16D,22D,23D,25D,26D,28D. The molecule has 0 spiro atoms. The molecule has 0 saturated carbocycles. The molecule has 9 aromatic carbocycles. The third kappa shape index (κ3) is 3.59. The zero-order chi connectivity index (χ0) is 45.9. The van der Waals surface area contributed by atoms with Crippen LogP contribution in [-0.2, 0) is 0 Å². The Balaban J connectivity index is 1.37. The van der Waals surface area contributed by atoms with Crippen LogP contribution in [0.1, 0.15) is 24.7 Å². The Hall–Kier alpha value is -6.12. The van der Waals surface area contributed by atoms with Gasteiger partial charge in [-0.3, -0.25) is 0 Å². The molecule has 46 heavy (non-hydrogen) atoms. The maximum Gasteiger partial charge on any atom is 0.0667 e. The maximum absolute atomic E-state index is 9.98. The molecule has 2 nitrogen and oxygen atoms in total. The molecule has 0 saturated heterocycles. The molecule has 214 valence electrons. The molecule has 2 heteroatoms. The molecular formula is C44H28N2. The van der Waals surface area contributed by atoms with E-state index in [9.17, 15) is 11.0 Å². The number of nitrogens with zero attached hydrogens (tertiary/aromatic N) is 2. The summed E-state index contributed by atoms with van der Waals surface area (Å²) in [7, 11) is 0. The van der Waals surface area contributed by atoms with E-state index in [-0.39, 0.29) is 5.69 Å². The van der Waals surface area contributed by atoms with Crippen molar-refractivity contribution in [2.45, 2.75) is 0 Å². The molecule has 0 aliphatic heterocycles. The van der Waals surface area contributed by atoms with E-state index in [0.717, 1.165) is 43.1 Å². The van der Waals surface area contributed by atoms with Crippen LogP contribution in [0.5, 0.6) is 0 Å². The summed E-state index contributed by atoms with van der Waals surface area (Å²) >= 11 is 0. The number of hydrogen-bond acceptors (Lipinski definition) is 1. The zero-order valence-corrected chi connectivity index (χ0v) is 23.7. The molecule has 0 atom stereocenters. The first-order valence-electron chi connectivity index (χ1n) is 23.4. The molecule has 0 bridgehead atoms. The van der Waals surface area contributed by atoms with Crippen molar-refractivity contribution in [2.24, 2.45) is 0 Å². The largest absolute Gasteiger partial charge is 0.310 e. The minimum absolute atomic E-state index is 0.269. The van der Waals surface area contributed by atoms with E-state index in [2.05, 4.69) is 0 Å². The van der Waals surface area contributed by atoms with Crippen LogP contribution in [0.2, 0.25) is 0 Å². The second kappa shape index (κ2) is 9.69. The SMILES string of the molecule is [2H]c1c([2H])c([2H])c(-c2c([2H])c([2H])c(N(c3c([2H])c([2H])c([2H])c([2H])c3[2H])c3c([2H])c([2H])c([2H])c(-n4c5cccc6c7cccc8ccc9ccc4c(c9c87)c65)c3[2H])c([2H])c2[2H])c([2H])c1[2H]. The van der Waals surface area contributed by atoms with E-state index >= 15 is 0 Å². The average Bonchev–Trinajstić information content (AvgIpc) is 3.62. The number of benzene rings is 9. The Morgan fingerprint density at radius 1 is 0.435 bits per heavy atom. The highest BCUT2D eigenvalue weighted by atomic mass is 15.1. The fourth-order valence-electron chi connectivity index (χ4n) is 6.59. The van der Waals surface area contributed by atoms with Crippen LogP contribution in [-0.4, -0.2) is 4.57 Å². The highest BCUT2D eigenvalue weighted by Crippen LogP contribution is 2.47. The van der Waals surface area contributed by atoms with Crippen LogP contribution in [0, 0.1) is 0 Å². The lowest BCUT2D eigenvalue weighted by molar-refractivity contribution is 1.17. The van der Waals surface area contributed by atoms with Crippen molar-refractivity contribution < 1.29 is 24.7 Å². The van der Waals surface area contributed by atoms with Gasteiger partial charge in [-0.2, -0.15) is 0 Å². The van der Waals surface area contributed by atoms with Gasteiger partial charge < -0.3 is 9.47 Å². The Morgan fingerprint density at radius 2 is 1.04 bits per heavy atom. The number of hydrogen-bond donors (Lipinski definition) is 0. The lowest BCUT2D eigenvalue weighted by atomic mass is 9.89. The number of anilines is 3. The van der Waals surface area contributed by atoms with Gasteiger partial charge in [0.1, 0.15) is 0 Å². The monoisotopic (exact) mass is 602 g/mol. The van der Waals surface area contributed by atoms with Gasteiger partial charge in [0.15, 0.2) is 0 Å². The summed E-state index contributed by atoms with van der Waals surface area (Å²) in [5, 5.41) is 7.20. The van der Waals surface area contributed by atoms with Crippen LogP contribution in [0.3, 0.4) is 0 Å². The number of fused-ring (bicyclic) bond motifs is 1. The van der Waals surface area contributed by atoms with Crippen LogP contribution in [0.25, 0.3) is 70.9 Å². The van der Waals surface area contributed by atoms with E-state index in [0.29, 0.717) is 15.9 Å². The van der Waals surface area contributed by atoms with E-state index in [1.165, 1.54) is 0 Å². The third-order valence-corrected chi connectivity index (χ3v) is 8.41. The average molecular weight is 603 g/mol. The fourth-order valence-corrected chi connectivity index (χ4v) is 6.59. The molecule has 0 fully saturated rings. The van der Waals surface area contributed by atoms with E-state index < -0.39 is 137 Å². The van der Waals surface area contributed by atoms with Gasteiger partial charge in [0.25, 0.3) is 0 Å². The van der Waals surface area contributed by atoms with Crippen LogP contribution >= 0.6 is 0 Å². The Labute approximate surface area is 291 Å². The predicted molar refractivity (Wildman–Crippen MR) is 196 cm³/mol. The highest BCUT2D eigenvalue weighted by molar-refractivity contribution is 6.40. The Bertz CT molecular complexity index is 3640. The van der Waals surface area contributed by atoms with E-state index in [4.69, 9.17) is 13.7 Å².